The lowest BCUT2D eigenvalue weighted by atomic mass is 9.86. The number of ether oxygens (including phenoxy) is 2. The van der Waals surface area contributed by atoms with Crippen LogP contribution in [-0.2, 0) is 19.1 Å². The molecular weight excluding hydrogens is 394 g/mol. The van der Waals surface area contributed by atoms with Gasteiger partial charge in [-0.2, -0.15) is 0 Å². The van der Waals surface area contributed by atoms with E-state index in [1.54, 1.807) is 0 Å². The molecule has 7 heteroatoms. The summed E-state index contributed by atoms with van der Waals surface area (Å²) in [6, 6.07) is 0. The van der Waals surface area contributed by atoms with E-state index in [0.29, 0.717) is 45.3 Å². The third-order valence-electron chi connectivity index (χ3n) is 6.84. The first-order chi connectivity index (χ1) is 15.0. The molecule has 2 saturated heterocycles. The van der Waals surface area contributed by atoms with E-state index >= 15 is 0 Å². The van der Waals surface area contributed by atoms with E-state index in [1.807, 2.05) is 4.90 Å². The van der Waals surface area contributed by atoms with Gasteiger partial charge in [-0.3, -0.25) is 9.59 Å². The van der Waals surface area contributed by atoms with E-state index < -0.39 is 0 Å². The maximum Gasteiger partial charge on any atom is 0.223 e. The number of carbonyl (C=O) groups is 2. The zero-order valence-corrected chi connectivity index (χ0v) is 20.1. The first kappa shape index (κ1) is 26.1. The molecule has 0 atom stereocenters. The number of likely N-dealkylation sites (tertiary alicyclic amines) is 2. The van der Waals surface area contributed by atoms with Gasteiger partial charge in [-0.15, -0.1) is 0 Å². The highest BCUT2D eigenvalue weighted by atomic mass is 16.5. The van der Waals surface area contributed by atoms with E-state index in [1.165, 1.54) is 0 Å². The smallest absolute Gasteiger partial charge is 0.223 e. The summed E-state index contributed by atoms with van der Waals surface area (Å²) in [4.78, 5) is 28.9. The van der Waals surface area contributed by atoms with Crippen molar-refractivity contribution in [3.63, 3.8) is 0 Å². The molecule has 0 bridgehead atoms. The molecule has 2 rings (SSSR count). The Hall–Kier alpha value is -1.18. The summed E-state index contributed by atoms with van der Waals surface area (Å²) in [5, 5.41) is 2.98. The summed E-state index contributed by atoms with van der Waals surface area (Å²) in [5.41, 5.74) is 0. The molecule has 2 aliphatic rings. The lowest BCUT2D eigenvalue weighted by molar-refractivity contribution is -0.133. The minimum atomic E-state index is 0.149. The van der Waals surface area contributed by atoms with Crippen molar-refractivity contribution in [2.45, 2.75) is 59.3 Å². The fourth-order valence-electron chi connectivity index (χ4n) is 4.52. The van der Waals surface area contributed by atoms with Crippen molar-refractivity contribution < 1.29 is 19.1 Å². The van der Waals surface area contributed by atoms with Gasteiger partial charge in [0, 0.05) is 38.6 Å². The summed E-state index contributed by atoms with van der Waals surface area (Å²) in [5.74, 6) is 2.05. The minimum absolute atomic E-state index is 0.149. The van der Waals surface area contributed by atoms with Crippen molar-refractivity contribution >= 4 is 11.8 Å². The Labute approximate surface area is 189 Å². The van der Waals surface area contributed by atoms with Crippen LogP contribution in [0.25, 0.3) is 0 Å². The normalized spacial score (nSPS) is 19.2. The van der Waals surface area contributed by atoms with Crippen molar-refractivity contribution in [3.05, 3.63) is 0 Å². The summed E-state index contributed by atoms with van der Waals surface area (Å²) < 4.78 is 11.1. The van der Waals surface area contributed by atoms with Gasteiger partial charge in [-0.1, -0.05) is 20.8 Å². The molecule has 0 aromatic heterocycles. The average molecular weight is 440 g/mol. The summed E-state index contributed by atoms with van der Waals surface area (Å²) in [7, 11) is 0. The van der Waals surface area contributed by atoms with Crippen LogP contribution in [0.4, 0.5) is 0 Å². The van der Waals surface area contributed by atoms with Gasteiger partial charge < -0.3 is 24.6 Å². The second-order valence-corrected chi connectivity index (χ2v) is 9.29. The van der Waals surface area contributed by atoms with Crippen LogP contribution in [0.15, 0.2) is 0 Å². The molecule has 0 saturated carbocycles. The SMILES string of the molecule is CCN1CCC(C(=O)NCCOCCOCCCC(=O)N2CCC(C(C)C)CC2)CC1. The largest absolute Gasteiger partial charge is 0.379 e. The standard InChI is InChI=1S/C24H45N3O4/c1-4-26-12-7-22(8-13-26)24(29)25-11-17-31-19-18-30-16-5-6-23(28)27-14-9-21(10-15-27)20(2)3/h20-22H,4-19H2,1-3H3,(H,25,29). The van der Waals surface area contributed by atoms with Crippen LogP contribution in [0.1, 0.15) is 59.3 Å². The predicted octanol–water partition coefficient (Wildman–Crippen LogP) is 2.54. The maximum atomic E-state index is 12.3. The Morgan fingerprint density at radius 3 is 2.19 bits per heavy atom. The van der Waals surface area contributed by atoms with Crippen LogP contribution >= 0.6 is 0 Å². The number of rotatable bonds is 13. The Morgan fingerprint density at radius 2 is 1.58 bits per heavy atom. The van der Waals surface area contributed by atoms with Crippen molar-refractivity contribution in [1.82, 2.24) is 15.1 Å². The first-order valence-electron chi connectivity index (χ1n) is 12.4. The van der Waals surface area contributed by atoms with Crippen LogP contribution < -0.4 is 5.32 Å². The van der Waals surface area contributed by atoms with Crippen molar-refractivity contribution in [1.29, 1.82) is 0 Å². The molecule has 1 N–H and O–H groups in total. The topological polar surface area (TPSA) is 71.1 Å². The zero-order valence-electron chi connectivity index (χ0n) is 20.1. The molecule has 2 amide bonds. The Morgan fingerprint density at radius 1 is 0.935 bits per heavy atom. The van der Waals surface area contributed by atoms with Crippen LogP contribution in [0.3, 0.4) is 0 Å². The number of carbonyl (C=O) groups excluding carboxylic acids is 2. The number of nitrogens with one attached hydrogen (secondary N) is 1. The van der Waals surface area contributed by atoms with Gasteiger partial charge in [0.1, 0.15) is 0 Å². The molecule has 0 aromatic rings. The number of hydrogen-bond acceptors (Lipinski definition) is 5. The molecule has 2 heterocycles. The number of hydrogen-bond donors (Lipinski definition) is 1. The second-order valence-electron chi connectivity index (χ2n) is 9.29. The first-order valence-corrected chi connectivity index (χ1v) is 12.4. The molecule has 0 radical (unpaired) electrons. The van der Waals surface area contributed by atoms with Gasteiger partial charge in [0.2, 0.25) is 11.8 Å². The zero-order chi connectivity index (χ0) is 22.5. The summed E-state index contributed by atoms with van der Waals surface area (Å²) in [6.07, 6.45) is 5.50. The van der Waals surface area contributed by atoms with Crippen LogP contribution in [-0.4, -0.2) is 87.3 Å². The van der Waals surface area contributed by atoms with E-state index in [4.69, 9.17) is 9.47 Å². The van der Waals surface area contributed by atoms with E-state index in [2.05, 4.69) is 31.0 Å². The molecular formula is C24H45N3O4. The minimum Gasteiger partial charge on any atom is -0.379 e. The monoisotopic (exact) mass is 439 g/mol. The van der Waals surface area contributed by atoms with Crippen molar-refractivity contribution in [2.24, 2.45) is 17.8 Å². The van der Waals surface area contributed by atoms with Gasteiger partial charge in [-0.25, -0.2) is 0 Å². The molecule has 180 valence electrons. The highest BCUT2D eigenvalue weighted by molar-refractivity contribution is 5.78. The predicted molar refractivity (Wildman–Crippen MR) is 123 cm³/mol. The van der Waals surface area contributed by atoms with Gasteiger partial charge in [0.25, 0.3) is 0 Å². The van der Waals surface area contributed by atoms with Crippen LogP contribution in [0, 0.1) is 17.8 Å². The van der Waals surface area contributed by atoms with E-state index in [0.717, 1.165) is 70.7 Å². The van der Waals surface area contributed by atoms with Crippen molar-refractivity contribution in [3.8, 4) is 0 Å². The van der Waals surface area contributed by atoms with E-state index in [9.17, 15) is 9.59 Å². The Balaban J connectivity index is 1.37. The van der Waals surface area contributed by atoms with Crippen LogP contribution in [0.2, 0.25) is 0 Å². The third kappa shape index (κ3) is 9.87. The fourth-order valence-corrected chi connectivity index (χ4v) is 4.52. The lowest BCUT2D eigenvalue weighted by Crippen LogP contribution is -2.41. The van der Waals surface area contributed by atoms with E-state index in [-0.39, 0.29) is 17.7 Å². The molecule has 2 aliphatic heterocycles. The molecule has 31 heavy (non-hydrogen) atoms. The van der Waals surface area contributed by atoms with Gasteiger partial charge in [0.15, 0.2) is 0 Å². The lowest BCUT2D eigenvalue weighted by Gasteiger charge is -2.34. The quantitative estimate of drug-likeness (QED) is 0.447. The molecule has 7 nitrogen and oxygen atoms in total. The average Bonchev–Trinajstić information content (AvgIpc) is 2.80. The number of amides is 2. The number of nitrogens with zero attached hydrogens (tertiary/aromatic N) is 2. The van der Waals surface area contributed by atoms with Gasteiger partial charge in [0.05, 0.1) is 19.8 Å². The molecule has 0 spiro atoms. The third-order valence-corrected chi connectivity index (χ3v) is 6.84. The highest BCUT2D eigenvalue weighted by Gasteiger charge is 2.24. The maximum absolute atomic E-state index is 12.3. The highest BCUT2D eigenvalue weighted by Crippen LogP contribution is 2.24. The Bertz CT molecular complexity index is 513. The van der Waals surface area contributed by atoms with Gasteiger partial charge >= 0.3 is 0 Å². The van der Waals surface area contributed by atoms with Crippen molar-refractivity contribution in [2.75, 3.05) is 65.7 Å². The molecule has 0 unspecified atom stereocenters. The number of piperidine rings is 2. The molecule has 2 fully saturated rings. The second kappa shape index (κ2) is 14.8. The summed E-state index contributed by atoms with van der Waals surface area (Å²) >= 11 is 0. The van der Waals surface area contributed by atoms with Gasteiger partial charge in [-0.05, 0) is 63.6 Å². The van der Waals surface area contributed by atoms with Crippen LogP contribution in [0.5, 0.6) is 0 Å². The molecule has 0 aromatic carbocycles. The Kier molecular flexibility index (Phi) is 12.4. The molecule has 0 aliphatic carbocycles. The summed E-state index contributed by atoms with van der Waals surface area (Å²) in [6.45, 7) is 14.3. The fraction of sp³-hybridized carbons (Fsp3) is 0.917.